The van der Waals surface area contributed by atoms with Gasteiger partial charge in [0.15, 0.2) is 0 Å². The van der Waals surface area contributed by atoms with Gasteiger partial charge in [-0.25, -0.2) is 4.39 Å². The number of rotatable bonds is 3. The summed E-state index contributed by atoms with van der Waals surface area (Å²) in [6, 6.07) is 12.8. The number of hydrogen-bond donors (Lipinski definition) is 1. The van der Waals surface area contributed by atoms with Crippen molar-refractivity contribution < 1.29 is 9.18 Å². The zero-order chi connectivity index (χ0) is 16.5. The lowest BCUT2D eigenvalue weighted by Crippen LogP contribution is -2.12. The Hall–Kier alpha value is -3.13. The van der Waals surface area contributed by atoms with E-state index in [1.807, 2.05) is 18.2 Å². The zero-order valence-electron chi connectivity index (χ0n) is 12.2. The van der Waals surface area contributed by atoms with Crippen LogP contribution in [0.15, 0.2) is 54.9 Å². The maximum atomic E-state index is 13.2. The number of nitrogens with one attached hydrogen (secondary N) is 1. The third-order valence-corrected chi connectivity index (χ3v) is 4.30. The second-order valence-corrected chi connectivity index (χ2v) is 5.97. The first-order chi connectivity index (χ1) is 11.7. The smallest absolute Gasteiger partial charge is 0.255 e. The van der Waals surface area contributed by atoms with Gasteiger partial charge in [0.1, 0.15) is 17.2 Å². The largest absolute Gasteiger partial charge is 0.322 e. The molecule has 0 fully saturated rings. The molecule has 4 rings (SSSR count). The van der Waals surface area contributed by atoms with Crippen LogP contribution in [0.3, 0.4) is 0 Å². The maximum Gasteiger partial charge on any atom is 0.255 e. The average molecular weight is 339 g/mol. The van der Waals surface area contributed by atoms with E-state index in [4.69, 9.17) is 0 Å². The molecule has 0 aliphatic rings. The molecule has 6 nitrogen and oxygen atoms in total. The van der Waals surface area contributed by atoms with Crippen molar-refractivity contribution in [2.75, 3.05) is 5.32 Å². The standard InChI is InChI=1S/C16H10FN5OS/c17-12-5-1-3-10(7-12)14(23)19-13-6-2-4-11(8-13)15-21-22-9-18-20-16(22)24-15/h1-9H,(H,19,23). The second kappa shape index (κ2) is 5.82. The molecule has 2 heterocycles. The highest BCUT2D eigenvalue weighted by Gasteiger charge is 2.10. The van der Waals surface area contributed by atoms with Crippen molar-refractivity contribution in [3.05, 3.63) is 66.2 Å². The van der Waals surface area contributed by atoms with Gasteiger partial charge >= 0.3 is 0 Å². The average Bonchev–Trinajstić information content (AvgIpc) is 3.17. The van der Waals surface area contributed by atoms with E-state index in [0.29, 0.717) is 10.6 Å². The van der Waals surface area contributed by atoms with E-state index in [1.165, 1.54) is 35.9 Å². The highest BCUT2D eigenvalue weighted by atomic mass is 32.1. The van der Waals surface area contributed by atoms with Crippen LogP contribution in [0.5, 0.6) is 0 Å². The highest BCUT2D eigenvalue weighted by Crippen LogP contribution is 2.26. The van der Waals surface area contributed by atoms with Crippen LogP contribution in [0.2, 0.25) is 0 Å². The number of aromatic nitrogens is 4. The van der Waals surface area contributed by atoms with E-state index >= 15 is 0 Å². The topological polar surface area (TPSA) is 72.2 Å². The molecule has 0 aliphatic heterocycles. The molecule has 0 atom stereocenters. The van der Waals surface area contributed by atoms with Gasteiger partial charge in [0.25, 0.3) is 5.91 Å². The van der Waals surface area contributed by atoms with Crippen LogP contribution in [0, 0.1) is 5.82 Å². The Kier molecular flexibility index (Phi) is 3.51. The Bertz CT molecular complexity index is 1010. The molecule has 2 aromatic carbocycles. The van der Waals surface area contributed by atoms with Gasteiger partial charge in [0.2, 0.25) is 4.96 Å². The van der Waals surface area contributed by atoms with Crippen LogP contribution in [-0.2, 0) is 0 Å². The number of carbonyl (C=O) groups excluding carboxylic acids is 1. The van der Waals surface area contributed by atoms with E-state index in [2.05, 4.69) is 20.6 Å². The molecule has 118 valence electrons. The fourth-order valence-corrected chi connectivity index (χ4v) is 3.06. The van der Waals surface area contributed by atoms with Crippen molar-refractivity contribution >= 4 is 27.9 Å². The van der Waals surface area contributed by atoms with Gasteiger partial charge in [-0.15, -0.1) is 10.2 Å². The summed E-state index contributed by atoms with van der Waals surface area (Å²) in [5.41, 5.74) is 1.72. The van der Waals surface area contributed by atoms with Crippen molar-refractivity contribution in [2.45, 2.75) is 0 Å². The van der Waals surface area contributed by atoms with E-state index in [1.54, 1.807) is 16.6 Å². The third-order valence-electron chi connectivity index (χ3n) is 3.34. The Morgan fingerprint density at radius 3 is 2.88 bits per heavy atom. The van der Waals surface area contributed by atoms with Crippen molar-refractivity contribution in [3.8, 4) is 10.6 Å². The molecule has 8 heteroatoms. The van der Waals surface area contributed by atoms with Gasteiger partial charge < -0.3 is 5.32 Å². The summed E-state index contributed by atoms with van der Waals surface area (Å²) in [6.07, 6.45) is 1.53. The molecule has 2 aromatic heterocycles. The number of fused-ring (bicyclic) bond motifs is 1. The number of amides is 1. The van der Waals surface area contributed by atoms with Crippen LogP contribution in [0.1, 0.15) is 10.4 Å². The first-order valence-corrected chi connectivity index (χ1v) is 7.85. The summed E-state index contributed by atoms with van der Waals surface area (Å²) in [5.74, 6) is -0.819. The van der Waals surface area contributed by atoms with Crippen LogP contribution in [-0.4, -0.2) is 25.7 Å². The van der Waals surface area contributed by atoms with E-state index in [0.717, 1.165) is 10.6 Å². The number of nitrogens with zero attached hydrogens (tertiary/aromatic N) is 4. The van der Waals surface area contributed by atoms with Gasteiger partial charge in [0.05, 0.1) is 0 Å². The summed E-state index contributed by atoms with van der Waals surface area (Å²) in [6.45, 7) is 0. The molecule has 0 unspecified atom stereocenters. The fraction of sp³-hybridized carbons (Fsp3) is 0. The summed E-state index contributed by atoms with van der Waals surface area (Å²) in [5, 5.41) is 15.6. The SMILES string of the molecule is O=C(Nc1cccc(-c2nn3cnnc3s2)c1)c1cccc(F)c1. The van der Waals surface area contributed by atoms with E-state index in [9.17, 15) is 9.18 Å². The van der Waals surface area contributed by atoms with Crippen molar-refractivity contribution in [1.29, 1.82) is 0 Å². The predicted octanol–water partition coefficient (Wildman–Crippen LogP) is 3.24. The Labute approximate surface area is 139 Å². The quantitative estimate of drug-likeness (QED) is 0.622. The molecular weight excluding hydrogens is 329 g/mol. The van der Waals surface area contributed by atoms with Gasteiger partial charge in [-0.2, -0.15) is 9.61 Å². The lowest BCUT2D eigenvalue weighted by atomic mass is 10.2. The predicted molar refractivity (Wildman–Crippen MR) is 88.4 cm³/mol. The number of anilines is 1. The number of benzene rings is 2. The molecule has 0 saturated heterocycles. The Balaban J connectivity index is 1.60. The Morgan fingerprint density at radius 2 is 2.04 bits per heavy atom. The summed E-state index contributed by atoms with van der Waals surface area (Å²) in [7, 11) is 0. The Morgan fingerprint density at radius 1 is 1.17 bits per heavy atom. The summed E-state index contributed by atoms with van der Waals surface area (Å²) < 4.78 is 14.8. The van der Waals surface area contributed by atoms with E-state index < -0.39 is 5.82 Å². The van der Waals surface area contributed by atoms with Crippen molar-refractivity contribution in [1.82, 2.24) is 19.8 Å². The summed E-state index contributed by atoms with van der Waals surface area (Å²) >= 11 is 1.40. The van der Waals surface area contributed by atoms with E-state index in [-0.39, 0.29) is 11.5 Å². The minimum Gasteiger partial charge on any atom is -0.322 e. The third kappa shape index (κ3) is 2.74. The lowest BCUT2D eigenvalue weighted by molar-refractivity contribution is 0.102. The van der Waals surface area contributed by atoms with Crippen LogP contribution in [0.25, 0.3) is 15.5 Å². The van der Waals surface area contributed by atoms with Gasteiger partial charge in [-0.05, 0) is 30.3 Å². The van der Waals surface area contributed by atoms with Crippen LogP contribution < -0.4 is 5.32 Å². The minimum atomic E-state index is -0.448. The van der Waals surface area contributed by atoms with Crippen molar-refractivity contribution in [3.63, 3.8) is 0 Å². The zero-order valence-corrected chi connectivity index (χ0v) is 13.0. The van der Waals surface area contributed by atoms with Gasteiger partial charge in [-0.3, -0.25) is 4.79 Å². The van der Waals surface area contributed by atoms with Crippen LogP contribution in [0.4, 0.5) is 10.1 Å². The molecule has 24 heavy (non-hydrogen) atoms. The second-order valence-electron chi connectivity index (χ2n) is 5.01. The van der Waals surface area contributed by atoms with Gasteiger partial charge in [0, 0.05) is 16.8 Å². The molecular formula is C16H10FN5OS. The number of hydrogen-bond acceptors (Lipinski definition) is 5. The molecule has 1 N–H and O–H groups in total. The molecule has 0 bridgehead atoms. The molecule has 4 aromatic rings. The first kappa shape index (κ1) is 14.5. The minimum absolute atomic E-state index is 0.263. The molecule has 0 aliphatic carbocycles. The summed E-state index contributed by atoms with van der Waals surface area (Å²) in [4.78, 5) is 12.9. The molecule has 0 saturated carbocycles. The fourth-order valence-electron chi connectivity index (χ4n) is 2.24. The normalized spacial score (nSPS) is 10.9. The number of halogens is 1. The maximum absolute atomic E-state index is 13.2. The highest BCUT2D eigenvalue weighted by molar-refractivity contribution is 7.19. The molecule has 0 radical (unpaired) electrons. The number of carbonyl (C=O) groups is 1. The monoisotopic (exact) mass is 339 g/mol. The lowest BCUT2D eigenvalue weighted by Gasteiger charge is -2.06. The molecule has 1 amide bonds. The van der Waals surface area contributed by atoms with Crippen molar-refractivity contribution in [2.24, 2.45) is 0 Å². The van der Waals surface area contributed by atoms with Crippen LogP contribution >= 0.6 is 11.3 Å². The molecule has 0 spiro atoms. The van der Waals surface area contributed by atoms with Gasteiger partial charge in [-0.1, -0.05) is 29.5 Å². The first-order valence-electron chi connectivity index (χ1n) is 7.03.